The van der Waals surface area contributed by atoms with E-state index in [1.54, 1.807) is 36.4 Å². The van der Waals surface area contributed by atoms with E-state index >= 15 is 0 Å². The molecule has 2 aromatic carbocycles. The van der Waals surface area contributed by atoms with Gasteiger partial charge in [-0.1, -0.05) is 0 Å². The van der Waals surface area contributed by atoms with Crippen LogP contribution in [0.1, 0.15) is 28.8 Å². The SMILES string of the molecule is CS(=O)(=O)N1CC(COc2ccc(C(=O)c3ccc(OC4CC(N)C4)cc3)cc2)C1. The Balaban J connectivity index is 1.27. The van der Waals surface area contributed by atoms with Crippen molar-refractivity contribution in [1.29, 1.82) is 0 Å². The molecular formula is C22H26N2O5S. The largest absolute Gasteiger partial charge is 0.493 e. The Morgan fingerprint density at radius 1 is 1.00 bits per heavy atom. The van der Waals surface area contributed by atoms with Gasteiger partial charge in [0.05, 0.1) is 12.9 Å². The number of ketones is 1. The maximum absolute atomic E-state index is 12.7. The number of nitrogens with zero attached hydrogens (tertiary/aromatic N) is 1. The molecule has 2 aliphatic rings. The molecule has 2 N–H and O–H groups in total. The quantitative estimate of drug-likeness (QED) is 0.644. The van der Waals surface area contributed by atoms with Crippen molar-refractivity contribution in [2.75, 3.05) is 26.0 Å². The summed E-state index contributed by atoms with van der Waals surface area (Å²) in [6.07, 6.45) is 3.12. The van der Waals surface area contributed by atoms with Crippen LogP contribution in [0.5, 0.6) is 11.5 Å². The average molecular weight is 431 g/mol. The molecule has 2 aromatic rings. The zero-order valence-corrected chi connectivity index (χ0v) is 17.7. The number of sulfonamides is 1. The number of benzene rings is 2. The van der Waals surface area contributed by atoms with Crippen molar-refractivity contribution >= 4 is 15.8 Å². The summed E-state index contributed by atoms with van der Waals surface area (Å²) in [5.41, 5.74) is 6.94. The van der Waals surface area contributed by atoms with Crippen LogP contribution in [-0.2, 0) is 10.0 Å². The van der Waals surface area contributed by atoms with Gasteiger partial charge in [-0.15, -0.1) is 0 Å². The summed E-state index contributed by atoms with van der Waals surface area (Å²) in [5.74, 6) is 1.53. The molecule has 0 unspecified atom stereocenters. The van der Waals surface area contributed by atoms with E-state index in [0.29, 0.717) is 36.6 Å². The van der Waals surface area contributed by atoms with Crippen molar-refractivity contribution in [3.63, 3.8) is 0 Å². The van der Waals surface area contributed by atoms with Gasteiger partial charge in [0.15, 0.2) is 5.78 Å². The first-order valence-corrected chi connectivity index (χ1v) is 11.9. The molecule has 1 aliphatic carbocycles. The highest BCUT2D eigenvalue weighted by atomic mass is 32.2. The zero-order valence-electron chi connectivity index (χ0n) is 16.9. The van der Waals surface area contributed by atoms with E-state index < -0.39 is 10.0 Å². The Labute approximate surface area is 176 Å². The molecule has 8 heteroatoms. The third kappa shape index (κ3) is 4.83. The summed E-state index contributed by atoms with van der Waals surface area (Å²) in [6, 6.07) is 14.4. The lowest BCUT2D eigenvalue weighted by atomic mass is 9.90. The highest BCUT2D eigenvalue weighted by molar-refractivity contribution is 7.88. The summed E-state index contributed by atoms with van der Waals surface area (Å²) in [7, 11) is -3.11. The Morgan fingerprint density at radius 2 is 1.53 bits per heavy atom. The van der Waals surface area contributed by atoms with Gasteiger partial charge >= 0.3 is 0 Å². The third-order valence-electron chi connectivity index (χ3n) is 5.55. The van der Waals surface area contributed by atoms with Crippen molar-refractivity contribution in [3.05, 3.63) is 59.7 Å². The van der Waals surface area contributed by atoms with E-state index in [9.17, 15) is 13.2 Å². The van der Waals surface area contributed by atoms with Gasteiger partial charge in [-0.3, -0.25) is 4.79 Å². The van der Waals surface area contributed by atoms with E-state index in [1.165, 1.54) is 10.6 Å². The summed E-state index contributed by atoms with van der Waals surface area (Å²) in [6.45, 7) is 1.43. The number of hydrogen-bond acceptors (Lipinski definition) is 6. The number of nitrogens with two attached hydrogens (primary N) is 1. The minimum Gasteiger partial charge on any atom is -0.493 e. The van der Waals surface area contributed by atoms with Crippen LogP contribution in [0, 0.1) is 5.92 Å². The highest BCUT2D eigenvalue weighted by Gasteiger charge is 2.33. The van der Waals surface area contributed by atoms with Crippen LogP contribution < -0.4 is 15.2 Å². The Bertz CT molecular complexity index is 993. The van der Waals surface area contributed by atoms with Gasteiger partial charge < -0.3 is 15.2 Å². The first kappa shape index (κ1) is 20.8. The molecule has 1 aliphatic heterocycles. The minimum atomic E-state index is -3.11. The number of carbonyl (C=O) groups is 1. The molecule has 4 rings (SSSR count). The Hall–Kier alpha value is -2.42. The number of rotatable bonds is 8. The fourth-order valence-corrected chi connectivity index (χ4v) is 4.53. The van der Waals surface area contributed by atoms with Gasteiger partial charge in [-0.2, -0.15) is 0 Å². The molecule has 0 aromatic heterocycles. The normalized spacial score (nSPS) is 22.1. The second-order valence-electron chi connectivity index (χ2n) is 8.11. The lowest BCUT2D eigenvalue weighted by molar-refractivity contribution is 0.101. The molecule has 1 heterocycles. The molecule has 0 radical (unpaired) electrons. The monoisotopic (exact) mass is 430 g/mol. The minimum absolute atomic E-state index is 0.0680. The third-order valence-corrected chi connectivity index (χ3v) is 6.78. The molecule has 160 valence electrons. The van der Waals surface area contributed by atoms with E-state index in [0.717, 1.165) is 18.6 Å². The fraction of sp³-hybridized carbons (Fsp3) is 0.409. The van der Waals surface area contributed by atoms with Crippen molar-refractivity contribution in [3.8, 4) is 11.5 Å². The second kappa shape index (κ2) is 8.37. The van der Waals surface area contributed by atoms with Crippen LogP contribution in [0.15, 0.2) is 48.5 Å². The molecule has 2 fully saturated rings. The lowest BCUT2D eigenvalue weighted by Crippen LogP contribution is -2.51. The van der Waals surface area contributed by atoms with Gasteiger partial charge in [0.25, 0.3) is 0 Å². The number of ether oxygens (including phenoxy) is 2. The Morgan fingerprint density at radius 3 is 2.03 bits per heavy atom. The topological polar surface area (TPSA) is 98.9 Å². The van der Waals surface area contributed by atoms with Crippen LogP contribution in [0.2, 0.25) is 0 Å². The van der Waals surface area contributed by atoms with Gasteiger partial charge in [0, 0.05) is 36.2 Å². The van der Waals surface area contributed by atoms with E-state index in [-0.39, 0.29) is 23.8 Å². The molecule has 1 saturated carbocycles. The smallest absolute Gasteiger partial charge is 0.211 e. The number of hydrogen-bond donors (Lipinski definition) is 1. The van der Waals surface area contributed by atoms with Crippen LogP contribution in [-0.4, -0.2) is 56.6 Å². The molecule has 1 saturated heterocycles. The van der Waals surface area contributed by atoms with Gasteiger partial charge in [-0.25, -0.2) is 12.7 Å². The van der Waals surface area contributed by atoms with Crippen molar-refractivity contribution < 1.29 is 22.7 Å². The standard InChI is InChI=1S/C22H26N2O5S/c1-30(26,27)24-12-15(13-24)14-28-19-6-2-16(3-7-19)22(25)17-4-8-20(9-5-17)29-21-10-18(23)11-21/h2-9,15,18,21H,10-14,23H2,1H3. The molecule has 0 spiro atoms. The molecular weight excluding hydrogens is 404 g/mol. The maximum atomic E-state index is 12.7. The zero-order chi connectivity index (χ0) is 21.3. The van der Waals surface area contributed by atoms with Crippen LogP contribution in [0.3, 0.4) is 0 Å². The molecule has 0 amide bonds. The fourth-order valence-electron chi connectivity index (χ4n) is 3.56. The lowest BCUT2D eigenvalue weighted by Gasteiger charge is -2.36. The Kier molecular flexibility index (Phi) is 5.81. The van der Waals surface area contributed by atoms with Crippen LogP contribution in [0.25, 0.3) is 0 Å². The highest BCUT2D eigenvalue weighted by Crippen LogP contribution is 2.25. The van der Waals surface area contributed by atoms with Crippen molar-refractivity contribution in [1.82, 2.24) is 4.31 Å². The molecule has 0 bridgehead atoms. The summed E-state index contributed by atoms with van der Waals surface area (Å²) in [5, 5.41) is 0. The summed E-state index contributed by atoms with van der Waals surface area (Å²) < 4.78 is 35.8. The first-order chi connectivity index (χ1) is 14.3. The van der Waals surface area contributed by atoms with Crippen molar-refractivity contribution in [2.45, 2.75) is 25.0 Å². The predicted molar refractivity (Wildman–Crippen MR) is 113 cm³/mol. The summed E-state index contributed by atoms with van der Waals surface area (Å²) >= 11 is 0. The van der Waals surface area contributed by atoms with E-state index in [2.05, 4.69) is 0 Å². The van der Waals surface area contributed by atoms with E-state index in [4.69, 9.17) is 15.2 Å². The van der Waals surface area contributed by atoms with Gasteiger partial charge in [-0.05, 0) is 61.4 Å². The molecule has 0 atom stereocenters. The predicted octanol–water partition coefficient (Wildman–Crippen LogP) is 2.06. The van der Waals surface area contributed by atoms with Crippen molar-refractivity contribution in [2.24, 2.45) is 11.7 Å². The summed E-state index contributed by atoms with van der Waals surface area (Å²) in [4.78, 5) is 12.7. The first-order valence-electron chi connectivity index (χ1n) is 10.0. The van der Waals surface area contributed by atoms with Gasteiger partial charge in [0.2, 0.25) is 10.0 Å². The van der Waals surface area contributed by atoms with E-state index in [1.807, 2.05) is 12.1 Å². The molecule has 7 nitrogen and oxygen atoms in total. The van der Waals surface area contributed by atoms with Gasteiger partial charge in [0.1, 0.15) is 17.6 Å². The molecule has 30 heavy (non-hydrogen) atoms. The average Bonchev–Trinajstić information content (AvgIpc) is 2.65. The number of carbonyl (C=O) groups excluding carboxylic acids is 1. The second-order valence-corrected chi connectivity index (χ2v) is 10.1. The van der Waals surface area contributed by atoms with Crippen LogP contribution >= 0.6 is 0 Å². The maximum Gasteiger partial charge on any atom is 0.211 e. The van der Waals surface area contributed by atoms with Crippen LogP contribution in [0.4, 0.5) is 0 Å².